The fourth-order valence-corrected chi connectivity index (χ4v) is 3.19. The molecule has 2 amide bonds. The third-order valence-electron chi connectivity index (χ3n) is 3.69. The summed E-state index contributed by atoms with van der Waals surface area (Å²) in [6.45, 7) is 6.27. The lowest BCUT2D eigenvalue weighted by atomic mass is 10.2. The van der Waals surface area contributed by atoms with Gasteiger partial charge in [-0.05, 0) is 12.5 Å². The van der Waals surface area contributed by atoms with Crippen molar-refractivity contribution < 1.29 is 9.59 Å². The van der Waals surface area contributed by atoms with Crippen LogP contribution in [-0.2, 0) is 15.3 Å². The molecule has 0 radical (unpaired) electrons. The fraction of sp³-hybridized carbons (Fsp3) is 0.500. The predicted octanol–water partition coefficient (Wildman–Crippen LogP) is 1.92. The number of carbonyl (C=O) groups is 2. The number of hydrogen-bond acceptors (Lipinski definition) is 3. The number of aryl methyl sites for hydroxylation is 1. The lowest BCUT2D eigenvalue weighted by Gasteiger charge is -2.34. The van der Waals surface area contributed by atoms with Gasteiger partial charge in [-0.15, -0.1) is 11.8 Å². The van der Waals surface area contributed by atoms with Crippen LogP contribution in [0.3, 0.4) is 0 Å². The quantitative estimate of drug-likeness (QED) is 0.853. The van der Waals surface area contributed by atoms with E-state index in [0.29, 0.717) is 31.9 Å². The van der Waals surface area contributed by atoms with Gasteiger partial charge in [0.05, 0.1) is 5.75 Å². The Morgan fingerprint density at radius 2 is 1.62 bits per heavy atom. The molecule has 1 aliphatic heterocycles. The molecule has 1 aromatic carbocycles. The van der Waals surface area contributed by atoms with Crippen LogP contribution >= 0.6 is 11.8 Å². The molecule has 1 saturated heterocycles. The maximum atomic E-state index is 12.1. The summed E-state index contributed by atoms with van der Waals surface area (Å²) in [4.78, 5) is 27.0. The summed E-state index contributed by atoms with van der Waals surface area (Å²) in [6, 6.07) is 8.41. The predicted molar refractivity (Wildman–Crippen MR) is 86.2 cm³/mol. The van der Waals surface area contributed by atoms with Gasteiger partial charge in [-0.3, -0.25) is 9.59 Å². The van der Waals surface area contributed by atoms with Gasteiger partial charge in [-0.2, -0.15) is 0 Å². The molecule has 5 heteroatoms. The summed E-state index contributed by atoms with van der Waals surface area (Å²) in [6.07, 6.45) is 0. The SMILES string of the molecule is CC(=O)N1CCN(C(=O)CSCc2ccc(C)cc2)CC1. The third kappa shape index (κ3) is 4.77. The molecule has 0 bridgehead atoms. The van der Waals surface area contributed by atoms with Crippen LogP contribution in [-0.4, -0.2) is 53.5 Å². The lowest BCUT2D eigenvalue weighted by Crippen LogP contribution is -2.50. The normalized spacial score (nSPS) is 15.1. The van der Waals surface area contributed by atoms with E-state index in [0.717, 1.165) is 5.75 Å². The number of nitrogens with zero attached hydrogens (tertiary/aromatic N) is 2. The molecule has 4 nitrogen and oxygen atoms in total. The standard InChI is InChI=1S/C16H22N2O2S/c1-13-3-5-15(6-4-13)11-21-12-16(20)18-9-7-17(8-10-18)14(2)19/h3-6H,7-12H2,1-2H3. The first-order valence-electron chi connectivity index (χ1n) is 7.23. The number of piperazine rings is 1. The number of amides is 2. The van der Waals surface area contributed by atoms with E-state index in [2.05, 4.69) is 31.2 Å². The number of rotatable bonds is 4. The van der Waals surface area contributed by atoms with Gasteiger partial charge in [-0.1, -0.05) is 29.8 Å². The minimum absolute atomic E-state index is 0.0934. The Bertz CT molecular complexity index is 494. The summed E-state index contributed by atoms with van der Waals surface area (Å²) < 4.78 is 0. The largest absolute Gasteiger partial charge is 0.339 e. The molecule has 21 heavy (non-hydrogen) atoms. The topological polar surface area (TPSA) is 40.6 Å². The van der Waals surface area contributed by atoms with E-state index in [1.165, 1.54) is 11.1 Å². The highest BCUT2D eigenvalue weighted by Crippen LogP contribution is 2.14. The van der Waals surface area contributed by atoms with Gasteiger partial charge in [0, 0.05) is 38.9 Å². The van der Waals surface area contributed by atoms with Crippen molar-refractivity contribution in [1.29, 1.82) is 0 Å². The number of benzene rings is 1. The van der Waals surface area contributed by atoms with Crippen LogP contribution in [0, 0.1) is 6.92 Å². The monoisotopic (exact) mass is 306 g/mol. The van der Waals surface area contributed by atoms with Gasteiger partial charge in [0.25, 0.3) is 0 Å². The Morgan fingerprint density at radius 1 is 1.05 bits per heavy atom. The summed E-state index contributed by atoms with van der Waals surface area (Å²) in [7, 11) is 0. The summed E-state index contributed by atoms with van der Waals surface area (Å²) >= 11 is 1.65. The molecule has 0 spiro atoms. The van der Waals surface area contributed by atoms with Crippen LogP contribution in [0.1, 0.15) is 18.1 Å². The van der Waals surface area contributed by atoms with Crippen molar-refractivity contribution in [2.24, 2.45) is 0 Å². The first kappa shape index (κ1) is 15.9. The zero-order valence-corrected chi connectivity index (χ0v) is 13.5. The van der Waals surface area contributed by atoms with E-state index in [4.69, 9.17) is 0 Å². The first-order chi connectivity index (χ1) is 10.1. The second-order valence-electron chi connectivity index (χ2n) is 5.37. The van der Waals surface area contributed by atoms with Crippen LogP contribution in [0.4, 0.5) is 0 Å². The molecule has 1 fully saturated rings. The molecule has 1 aliphatic rings. The van der Waals surface area contributed by atoms with Crippen molar-refractivity contribution in [3.8, 4) is 0 Å². The van der Waals surface area contributed by atoms with E-state index < -0.39 is 0 Å². The average Bonchev–Trinajstić information content (AvgIpc) is 2.49. The van der Waals surface area contributed by atoms with Crippen molar-refractivity contribution >= 4 is 23.6 Å². The van der Waals surface area contributed by atoms with Crippen LogP contribution in [0.5, 0.6) is 0 Å². The zero-order valence-electron chi connectivity index (χ0n) is 12.7. The molecule has 1 heterocycles. The highest BCUT2D eigenvalue weighted by molar-refractivity contribution is 7.99. The van der Waals surface area contributed by atoms with Gasteiger partial charge in [0.15, 0.2) is 0 Å². The Labute approximate surface area is 130 Å². The zero-order chi connectivity index (χ0) is 15.2. The van der Waals surface area contributed by atoms with Gasteiger partial charge >= 0.3 is 0 Å². The van der Waals surface area contributed by atoms with E-state index in [1.54, 1.807) is 23.6 Å². The highest BCUT2D eigenvalue weighted by atomic mass is 32.2. The first-order valence-corrected chi connectivity index (χ1v) is 8.38. The molecule has 114 valence electrons. The van der Waals surface area contributed by atoms with Crippen molar-refractivity contribution in [3.05, 3.63) is 35.4 Å². The molecular formula is C16H22N2O2S. The van der Waals surface area contributed by atoms with E-state index >= 15 is 0 Å². The Hall–Kier alpha value is -1.49. The van der Waals surface area contributed by atoms with Crippen LogP contribution < -0.4 is 0 Å². The molecule has 0 atom stereocenters. The maximum absolute atomic E-state index is 12.1. The molecule has 0 aliphatic carbocycles. The third-order valence-corrected chi connectivity index (χ3v) is 4.68. The minimum Gasteiger partial charge on any atom is -0.339 e. The molecule has 0 N–H and O–H groups in total. The summed E-state index contributed by atoms with van der Waals surface area (Å²) in [5.41, 5.74) is 2.50. The highest BCUT2D eigenvalue weighted by Gasteiger charge is 2.21. The smallest absolute Gasteiger partial charge is 0.232 e. The lowest BCUT2D eigenvalue weighted by molar-refractivity contribution is -0.136. The Balaban J connectivity index is 1.70. The maximum Gasteiger partial charge on any atom is 0.232 e. The van der Waals surface area contributed by atoms with E-state index in [-0.39, 0.29) is 11.8 Å². The molecule has 1 aromatic rings. The van der Waals surface area contributed by atoms with E-state index in [9.17, 15) is 9.59 Å². The fourth-order valence-electron chi connectivity index (χ4n) is 2.30. The Kier molecular flexibility index (Phi) is 5.67. The number of thioether (sulfide) groups is 1. The van der Waals surface area contributed by atoms with Crippen LogP contribution in [0.15, 0.2) is 24.3 Å². The number of carbonyl (C=O) groups excluding carboxylic acids is 2. The van der Waals surface area contributed by atoms with Crippen molar-refractivity contribution in [3.63, 3.8) is 0 Å². The van der Waals surface area contributed by atoms with Gasteiger partial charge in [0.1, 0.15) is 0 Å². The summed E-state index contributed by atoms with van der Waals surface area (Å²) in [5, 5.41) is 0. The van der Waals surface area contributed by atoms with Gasteiger partial charge in [-0.25, -0.2) is 0 Å². The molecular weight excluding hydrogens is 284 g/mol. The van der Waals surface area contributed by atoms with Crippen molar-refractivity contribution in [2.45, 2.75) is 19.6 Å². The van der Waals surface area contributed by atoms with Crippen molar-refractivity contribution in [1.82, 2.24) is 9.80 Å². The molecule has 2 rings (SSSR count). The van der Waals surface area contributed by atoms with Gasteiger partial charge < -0.3 is 9.80 Å². The molecule has 0 aromatic heterocycles. The van der Waals surface area contributed by atoms with Gasteiger partial charge in [0.2, 0.25) is 11.8 Å². The molecule has 0 saturated carbocycles. The van der Waals surface area contributed by atoms with Crippen LogP contribution in [0.2, 0.25) is 0 Å². The van der Waals surface area contributed by atoms with Crippen molar-refractivity contribution in [2.75, 3.05) is 31.9 Å². The average molecular weight is 306 g/mol. The van der Waals surface area contributed by atoms with Crippen LogP contribution in [0.25, 0.3) is 0 Å². The second-order valence-corrected chi connectivity index (χ2v) is 6.35. The number of hydrogen-bond donors (Lipinski definition) is 0. The second kappa shape index (κ2) is 7.50. The molecule has 0 unspecified atom stereocenters. The Morgan fingerprint density at radius 3 is 2.19 bits per heavy atom. The summed E-state index contributed by atoms with van der Waals surface area (Å²) in [5.74, 6) is 1.64. The minimum atomic E-state index is 0.0934. The van der Waals surface area contributed by atoms with E-state index in [1.807, 2.05) is 4.90 Å².